The van der Waals surface area contributed by atoms with Gasteiger partial charge in [0.05, 0.1) is 72.8 Å². The summed E-state index contributed by atoms with van der Waals surface area (Å²) in [6.45, 7) is 4.58. The van der Waals surface area contributed by atoms with Crippen LogP contribution in [0, 0.1) is 0 Å². The number of likely N-dealkylation sites (tertiary alicyclic amines) is 2. The van der Waals surface area contributed by atoms with Crippen LogP contribution in [0.1, 0.15) is 48.0 Å². The molecule has 0 saturated carbocycles. The smallest absolute Gasteiger partial charge is 0.233 e. The van der Waals surface area contributed by atoms with E-state index in [2.05, 4.69) is 103 Å². The van der Waals surface area contributed by atoms with E-state index in [0.717, 1.165) is 43.3 Å². The van der Waals surface area contributed by atoms with E-state index in [0.29, 0.717) is 111 Å². The predicted molar refractivity (Wildman–Crippen MR) is 422 cm³/mol. The average Bonchev–Trinajstić information content (AvgIpc) is 0.871. The van der Waals surface area contributed by atoms with Crippen molar-refractivity contribution < 1.29 is 28.4 Å². The van der Waals surface area contributed by atoms with Crippen molar-refractivity contribution in [2.24, 2.45) is 0 Å². The fraction of sp³-hybridized carbons (Fsp3) is 0.338. The van der Waals surface area contributed by atoms with Gasteiger partial charge in [-0.05, 0) is 217 Å². The zero-order valence-electron chi connectivity index (χ0n) is 55.5. The van der Waals surface area contributed by atoms with Crippen LogP contribution in [-0.4, -0.2) is 164 Å². The van der Waals surface area contributed by atoms with E-state index in [9.17, 15) is 0 Å². The third-order valence-corrected chi connectivity index (χ3v) is 17.0. The minimum absolute atomic E-state index is 0. The Hall–Kier alpha value is -7.76. The van der Waals surface area contributed by atoms with Gasteiger partial charge in [-0.1, -0.05) is 91.9 Å². The van der Waals surface area contributed by atoms with Gasteiger partial charge in [-0.3, -0.25) is 0 Å². The molecule has 0 aliphatic carbocycles. The number of ether oxygens (including phenoxy) is 6. The summed E-state index contributed by atoms with van der Waals surface area (Å²) in [7, 11) is 17.8. The molecule has 0 bridgehead atoms. The number of anilines is 12. The first kappa shape index (κ1) is 86.6. The van der Waals surface area contributed by atoms with Crippen LogP contribution in [0.25, 0.3) is 0 Å². The number of benzene rings is 6. The van der Waals surface area contributed by atoms with E-state index in [-0.39, 0.29) is 56.0 Å². The van der Waals surface area contributed by atoms with E-state index >= 15 is 0 Å². The number of aromatic nitrogens is 9. The predicted octanol–water partition coefficient (Wildman–Crippen LogP) is 18.3. The Morgan fingerprint density at radius 3 is 0.902 bits per heavy atom. The molecule has 11 rings (SSSR count). The minimum atomic E-state index is 0. The molecule has 25 nitrogen and oxygen atoms in total. The summed E-state index contributed by atoms with van der Waals surface area (Å²) in [6.07, 6.45) is 4.69. The summed E-state index contributed by atoms with van der Waals surface area (Å²) < 4.78 is 30.7. The SMILES string of the molecule is C.C.C.CNC1CCN(C)CC1.COc1ccc(N)cc1Cl.COc1ccc(Nc2nc(Cl)nc(Cl)n2)cc1Cl.COc1ccc(Nc2nc(Cl)nc(Nc3ccc(OC)c(Cl)c3)n2)cc1Cl.COc1ccc(Nc2nc(Nc3ccc(OC)c(Cl)c3)nc(N(C)C3CCN(C)CC3)n2)cc1Cl. The van der Waals surface area contributed by atoms with Crippen molar-refractivity contribution in [2.75, 3.05) is 134 Å². The molecule has 0 atom stereocenters. The van der Waals surface area contributed by atoms with Crippen molar-refractivity contribution in [3.8, 4) is 34.5 Å². The number of rotatable bonds is 19. The minimum Gasteiger partial charge on any atom is -0.495 e. The third kappa shape index (κ3) is 27.1. The highest BCUT2D eigenvalue weighted by Gasteiger charge is 2.24. The fourth-order valence-electron chi connectivity index (χ4n) is 9.37. The summed E-state index contributed by atoms with van der Waals surface area (Å²) in [4.78, 5) is 44.6. The number of nitrogen functional groups attached to an aromatic ring is 1. The summed E-state index contributed by atoms with van der Waals surface area (Å²) in [6, 6.07) is 32.6. The molecule has 2 aliphatic rings. The fourth-order valence-corrected chi connectivity index (χ4v) is 11.4. The molecule has 2 fully saturated rings. The highest BCUT2D eigenvalue weighted by Crippen LogP contribution is 2.35. The van der Waals surface area contributed by atoms with Gasteiger partial charge in [-0.15, -0.1) is 0 Å². The molecule has 6 aromatic carbocycles. The molecule has 5 heterocycles. The Morgan fingerprint density at radius 2 is 0.627 bits per heavy atom. The number of nitrogens with two attached hydrogens (primary N) is 1. The summed E-state index contributed by atoms with van der Waals surface area (Å²) >= 11 is 53.9. The van der Waals surface area contributed by atoms with Gasteiger partial charge in [0.2, 0.25) is 51.5 Å². The van der Waals surface area contributed by atoms with Crippen LogP contribution in [0.4, 0.5) is 69.8 Å². The van der Waals surface area contributed by atoms with E-state index in [1.165, 1.54) is 25.9 Å². The van der Waals surface area contributed by atoms with Crippen LogP contribution in [0.5, 0.6) is 34.5 Å². The second kappa shape index (κ2) is 43.4. The molecule has 0 unspecified atom stereocenters. The van der Waals surface area contributed by atoms with Crippen molar-refractivity contribution in [3.05, 3.63) is 155 Å². The molecular weight excluding hydrogens is 1500 g/mol. The third-order valence-electron chi connectivity index (χ3n) is 14.7. The van der Waals surface area contributed by atoms with Gasteiger partial charge in [0.15, 0.2) is 0 Å². The molecule has 0 amide bonds. The standard InChI is InChI=1S/C24H29Cl2N7O2.C17H14Cl3N5O2.C10H7Cl3N4O.C7H8ClNO.C7H16N2.3CH4/c1-32-11-9-17(10-12-32)33(2)24-30-22(27-15-5-7-20(34-3)18(25)13-15)29-23(31-24)28-16-6-8-21(35-4)19(26)14-16;1-26-13-5-3-9(7-11(13)18)21-16-23-15(20)24-17(25-16)22-10-4-6-14(27-2)12(19)8-10;1-18-7-3-2-5(4-6(7)11)14-10-16-8(12)15-9(13)17-10;1-10-7-3-2-5(9)4-6(7)8;1-8-7-3-5-9(2)6-4-7;;;/h5-8,13-14,17H,9-12H2,1-4H3,(H2,27,28,29,30,31);3-8H,1-2H3,(H2,21,22,23,24,25);2-4H,1H3,(H,14,15,16,17);2-4H,9H2,1H3;7-8H,3-6H2,1-2H3;3*1H4. The van der Waals surface area contributed by atoms with Crippen molar-refractivity contribution >= 4 is 174 Å². The Bertz CT molecular complexity index is 3930. The number of piperidine rings is 2. The molecule has 2 aliphatic heterocycles. The van der Waals surface area contributed by atoms with Gasteiger partial charge in [0, 0.05) is 53.3 Å². The maximum absolute atomic E-state index is 6.30. The zero-order chi connectivity index (χ0) is 71.7. The first-order valence-electron chi connectivity index (χ1n) is 30.1. The quantitative estimate of drug-likeness (QED) is 0.0371. The van der Waals surface area contributed by atoms with E-state index in [1.807, 2.05) is 19.2 Å². The molecule has 8 N–H and O–H groups in total. The molecule has 0 spiro atoms. The number of methoxy groups -OCH3 is 6. The maximum atomic E-state index is 6.30. The van der Waals surface area contributed by atoms with Gasteiger partial charge in [-0.2, -0.15) is 44.9 Å². The monoisotopic (exact) mass is 1580 g/mol. The Labute approximate surface area is 642 Å². The lowest BCUT2D eigenvalue weighted by Gasteiger charge is -2.35. The Morgan fingerprint density at radius 1 is 0.373 bits per heavy atom. The van der Waals surface area contributed by atoms with Crippen LogP contribution in [0.3, 0.4) is 0 Å². The molecular formula is C68H86Cl9N19O6. The van der Waals surface area contributed by atoms with E-state index in [1.54, 1.807) is 140 Å². The topological polar surface area (TPSA) is 279 Å². The number of nitrogens with zero attached hydrogens (tertiary/aromatic N) is 12. The molecule has 34 heteroatoms. The van der Waals surface area contributed by atoms with Crippen LogP contribution >= 0.6 is 104 Å². The van der Waals surface area contributed by atoms with Crippen molar-refractivity contribution in [1.29, 1.82) is 0 Å². The van der Waals surface area contributed by atoms with Crippen LogP contribution in [0.2, 0.25) is 46.0 Å². The van der Waals surface area contributed by atoms with Crippen molar-refractivity contribution in [1.82, 2.24) is 60.0 Å². The Balaban J connectivity index is 0.000000291. The number of hydrogen-bond donors (Lipinski definition) is 7. The van der Waals surface area contributed by atoms with E-state index in [4.69, 9.17) is 149 Å². The van der Waals surface area contributed by atoms with Crippen molar-refractivity contribution in [3.63, 3.8) is 0 Å². The lowest BCUT2D eigenvalue weighted by atomic mass is 10.0. The van der Waals surface area contributed by atoms with Gasteiger partial charge >= 0.3 is 0 Å². The summed E-state index contributed by atoms with van der Waals surface area (Å²) in [5, 5.41) is 21.6. The van der Waals surface area contributed by atoms with Gasteiger partial charge in [-0.25, -0.2) is 0 Å². The molecule has 2 saturated heterocycles. The highest BCUT2D eigenvalue weighted by molar-refractivity contribution is 6.34. The number of halogens is 9. The summed E-state index contributed by atoms with van der Waals surface area (Å²) in [5.74, 6) is 5.62. The molecule has 552 valence electrons. The normalized spacial score (nSPS) is 12.6. The first-order valence-corrected chi connectivity index (χ1v) is 33.5. The average molecular weight is 1580 g/mol. The highest BCUT2D eigenvalue weighted by atomic mass is 35.5. The molecule has 102 heavy (non-hydrogen) atoms. The van der Waals surface area contributed by atoms with E-state index < -0.39 is 0 Å². The van der Waals surface area contributed by atoms with Gasteiger partial charge in [0.1, 0.15) is 34.5 Å². The molecule has 0 radical (unpaired) electrons. The van der Waals surface area contributed by atoms with Crippen LogP contribution in [-0.2, 0) is 0 Å². The first-order chi connectivity index (χ1) is 47.5. The Kier molecular flexibility index (Phi) is 36.8. The number of hydrogen-bond acceptors (Lipinski definition) is 25. The molecule has 3 aromatic heterocycles. The lowest BCUT2D eigenvalue weighted by molar-refractivity contribution is 0.240. The lowest BCUT2D eigenvalue weighted by Crippen LogP contribution is -2.42. The summed E-state index contributed by atoms with van der Waals surface area (Å²) in [5.41, 5.74) is 9.56. The zero-order valence-corrected chi connectivity index (χ0v) is 62.3. The van der Waals surface area contributed by atoms with Crippen LogP contribution in [0.15, 0.2) is 109 Å². The van der Waals surface area contributed by atoms with Gasteiger partial charge < -0.3 is 80.8 Å². The molecule has 9 aromatic rings. The number of nitrogens with one attached hydrogen (secondary N) is 6. The van der Waals surface area contributed by atoms with Crippen molar-refractivity contribution in [2.45, 2.75) is 60.0 Å². The van der Waals surface area contributed by atoms with Gasteiger partial charge in [0.25, 0.3) is 0 Å². The van der Waals surface area contributed by atoms with Crippen LogP contribution < -0.4 is 71.0 Å². The second-order valence-corrected chi connectivity index (χ2v) is 25.0. The second-order valence-electron chi connectivity index (χ2n) is 21.5. The maximum Gasteiger partial charge on any atom is 0.233 e. The largest absolute Gasteiger partial charge is 0.495 e.